The lowest BCUT2D eigenvalue weighted by Gasteiger charge is -2.14. The van der Waals surface area contributed by atoms with Crippen molar-refractivity contribution in [2.75, 3.05) is 20.1 Å². The lowest BCUT2D eigenvalue weighted by molar-refractivity contribution is -0.128. The van der Waals surface area contributed by atoms with E-state index in [2.05, 4.69) is 33.9 Å². The van der Waals surface area contributed by atoms with E-state index in [-0.39, 0.29) is 11.8 Å². The number of nitrogens with one attached hydrogen (secondary N) is 1. The molecule has 0 unspecified atom stereocenters. The number of hydrogen-bond donors (Lipinski definition) is 2. The summed E-state index contributed by atoms with van der Waals surface area (Å²) in [5.41, 5.74) is 4.65. The van der Waals surface area contributed by atoms with Crippen LogP contribution >= 0.6 is 27.5 Å². The highest BCUT2D eigenvalue weighted by Crippen LogP contribution is 2.12. The van der Waals surface area contributed by atoms with Crippen molar-refractivity contribution < 1.29 is 9.59 Å². The summed E-state index contributed by atoms with van der Waals surface area (Å²) in [4.78, 5) is 22.6. The van der Waals surface area contributed by atoms with Crippen LogP contribution in [0.2, 0.25) is 0 Å². The van der Waals surface area contributed by atoms with Crippen LogP contribution in [0.15, 0.2) is 58.2 Å². The molecule has 0 aliphatic carbocycles. The fourth-order valence-corrected chi connectivity index (χ4v) is 2.16. The molecule has 0 spiro atoms. The number of carbonyl (C=O) groups excluding carboxylic acids is 2. The zero-order valence-electron chi connectivity index (χ0n) is 18.0. The highest BCUT2D eigenvalue weighted by Gasteiger charge is 2.07. The molecule has 1 rings (SSSR count). The summed E-state index contributed by atoms with van der Waals surface area (Å²) in [5, 5.41) is 3.87. The van der Waals surface area contributed by atoms with E-state index in [4.69, 9.17) is 11.6 Å². The number of hydrogen-bond acceptors (Lipinski definition) is 3. The van der Waals surface area contributed by atoms with Gasteiger partial charge in [0.05, 0.1) is 0 Å². The predicted molar refractivity (Wildman–Crippen MR) is 129 cm³/mol. The maximum absolute atomic E-state index is 11.3. The number of amides is 2. The van der Waals surface area contributed by atoms with Gasteiger partial charge >= 0.3 is 0 Å². The normalized spacial score (nSPS) is 17.7. The van der Waals surface area contributed by atoms with Crippen LogP contribution in [0.5, 0.6) is 0 Å². The van der Waals surface area contributed by atoms with Crippen LogP contribution in [0.1, 0.15) is 46.5 Å². The van der Waals surface area contributed by atoms with Gasteiger partial charge in [-0.05, 0) is 48.7 Å². The molecule has 0 fully saturated rings. The Bertz CT molecular complexity index is 611. The second kappa shape index (κ2) is 20.9. The zero-order chi connectivity index (χ0) is 22.5. The van der Waals surface area contributed by atoms with Crippen LogP contribution in [-0.4, -0.2) is 36.9 Å². The summed E-state index contributed by atoms with van der Waals surface area (Å²) in [6, 6.07) is 0. The standard InChI is InChI=1S/C10H16ClN.C9H12BrNO.C3H7NO/c1-3-6-10(11)7-5-9-12-8-4-2;1-11-7-6-8(10)4-2-3-5-9(11)12;1-2-3(4)5/h3,5-7,9,12H,4,8H2,1-2H3;2-4H,5-7H2,1H3;2H2,1H3,(H2,4,5)/b6-3-,9-5+,10-7+;3-2-,8-4+;. The molecule has 3 N–H and O–H groups in total. The van der Waals surface area contributed by atoms with E-state index in [0.717, 1.165) is 35.4 Å². The van der Waals surface area contributed by atoms with Gasteiger partial charge in [-0.1, -0.05) is 65.7 Å². The summed E-state index contributed by atoms with van der Waals surface area (Å²) in [7, 11) is 1.84. The molecule has 1 aliphatic heterocycles. The first-order valence-corrected chi connectivity index (χ1v) is 10.9. The second-order valence-electron chi connectivity index (χ2n) is 6.00. The fraction of sp³-hybridized carbons (Fsp3) is 0.455. The van der Waals surface area contributed by atoms with Gasteiger partial charge in [0.2, 0.25) is 11.8 Å². The third kappa shape index (κ3) is 22.4. The second-order valence-corrected chi connectivity index (χ2v) is 7.45. The lowest BCUT2D eigenvalue weighted by Crippen LogP contribution is -2.26. The molecule has 0 atom stereocenters. The first kappa shape index (κ1) is 29.4. The van der Waals surface area contributed by atoms with Gasteiger partial charge in [-0.2, -0.15) is 0 Å². The predicted octanol–water partition coefficient (Wildman–Crippen LogP) is 5.15. The number of allylic oxidation sites excluding steroid dienone is 7. The average molecular weight is 489 g/mol. The van der Waals surface area contributed by atoms with Crippen molar-refractivity contribution in [1.82, 2.24) is 10.2 Å². The topological polar surface area (TPSA) is 75.4 Å². The molecular formula is C22H35BrClN3O2. The van der Waals surface area contributed by atoms with Crippen LogP contribution in [0, 0.1) is 0 Å². The van der Waals surface area contributed by atoms with Gasteiger partial charge in [0.15, 0.2) is 0 Å². The summed E-state index contributed by atoms with van der Waals surface area (Å²) >= 11 is 9.22. The Kier molecular flexibility index (Phi) is 21.2. The van der Waals surface area contributed by atoms with Gasteiger partial charge in [0, 0.05) is 38.0 Å². The zero-order valence-corrected chi connectivity index (χ0v) is 20.3. The SMILES string of the molecule is CCC(N)=O.CN1CC/C(Br)=C\C=C/CC1=O.C\C=C/C(Cl)=C\C=C\NCCC. The highest BCUT2D eigenvalue weighted by atomic mass is 79.9. The van der Waals surface area contributed by atoms with Crippen molar-refractivity contribution in [2.24, 2.45) is 5.73 Å². The van der Waals surface area contributed by atoms with Crippen LogP contribution < -0.4 is 11.1 Å². The van der Waals surface area contributed by atoms with Gasteiger partial charge < -0.3 is 16.0 Å². The molecule has 0 radical (unpaired) electrons. The molecule has 1 heterocycles. The average Bonchev–Trinajstić information content (AvgIpc) is 2.76. The van der Waals surface area contributed by atoms with E-state index in [1.54, 1.807) is 11.8 Å². The molecule has 2 amide bonds. The molecule has 7 heteroatoms. The molecule has 29 heavy (non-hydrogen) atoms. The Balaban J connectivity index is 0. The minimum Gasteiger partial charge on any atom is -0.391 e. The maximum atomic E-state index is 11.3. The van der Waals surface area contributed by atoms with E-state index in [1.165, 1.54) is 0 Å². The Hall–Kier alpha value is -1.79. The molecular weight excluding hydrogens is 454 g/mol. The molecule has 0 aromatic heterocycles. The van der Waals surface area contributed by atoms with Crippen LogP contribution in [-0.2, 0) is 9.59 Å². The molecule has 1 aliphatic rings. The number of rotatable bonds is 6. The monoisotopic (exact) mass is 487 g/mol. The quantitative estimate of drug-likeness (QED) is 0.401. The Labute approximate surface area is 189 Å². The van der Waals surface area contributed by atoms with Gasteiger partial charge in [0.25, 0.3) is 0 Å². The number of primary amides is 1. The van der Waals surface area contributed by atoms with Crippen LogP contribution in [0.3, 0.4) is 0 Å². The van der Waals surface area contributed by atoms with E-state index < -0.39 is 0 Å². The number of nitrogens with zero attached hydrogens (tertiary/aromatic N) is 1. The molecule has 0 bridgehead atoms. The van der Waals surface area contributed by atoms with E-state index >= 15 is 0 Å². The fourth-order valence-electron chi connectivity index (χ4n) is 1.63. The van der Waals surface area contributed by atoms with Crippen molar-refractivity contribution in [3.8, 4) is 0 Å². The minimum absolute atomic E-state index is 0.182. The first-order chi connectivity index (χ1) is 13.8. The third-order valence-electron chi connectivity index (χ3n) is 3.36. The summed E-state index contributed by atoms with van der Waals surface area (Å²) in [6.07, 6.45) is 18.2. The van der Waals surface area contributed by atoms with Crippen molar-refractivity contribution in [3.05, 3.63) is 58.2 Å². The van der Waals surface area contributed by atoms with Crippen molar-refractivity contribution in [2.45, 2.75) is 46.5 Å². The Morgan fingerprint density at radius 2 is 2.07 bits per heavy atom. The largest absolute Gasteiger partial charge is 0.391 e. The molecule has 164 valence electrons. The van der Waals surface area contributed by atoms with E-state index in [0.29, 0.717) is 12.8 Å². The van der Waals surface area contributed by atoms with Crippen molar-refractivity contribution in [3.63, 3.8) is 0 Å². The molecule has 5 nitrogen and oxygen atoms in total. The van der Waals surface area contributed by atoms with Gasteiger partial charge in [-0.3, -0.25) is 9.59 Å². The summed E-state index contributed by atoms with van der Waals surface area (Å²) in [5.74, 6) is -0.0631. The molecule has 0 saturated heterocycles. The van der Waals surface area contributed by atoms with Crippen molar-refractivity contribution in [1.29, 1.82) is 0 Å². The number of nitrogens with two attached hydrogens (primary N) is 1. The first-order valence-electron chi connectivity index (χ1n) is 9.70. The van der Waals surface area contributed by atoms with Gasteiger partial charge in [-0.25, -0.2) is 0 Å². The highest BCUT2D eigenvalue weighted by molar-refractivity contribution is 9.11. The van der Waals surface area contributed by atoms with Gasteiger partial charge in [0.1, 0.15) is 0 Å². The summed E-state index contributed by atoms with van der Waals surface area (Å²) in [6.45, 7) is 7.59. The lowest BCUT2D eigenvalue weighted by atomic mass is 10.3. The third-order valence-corrected chi connectivity index (χ3v) is 4.27. The number of carbonyl (C=O) groups is 2. The minimum atomic E-state index is -0.245. The van der Waals surface area contributed by atoms with E-state index in [9.17, 15) is 9.59 Å². The molecule has 0 aromatic carbocycles. The summed E-state index contributed by atoms with van der Waals surface area (Å²) < 4.78 is 1.14. The van der Waals surface area contributed by atoms with Crippen molar-refractivity contribution >= 4 is 39.3 Å². The number of halogens is 2. The maximum Gasteiger partial charge on any atom is 0.226 e. The van der Waals surface area contributed by atoms with Gasteiger partial charge in [-0.15, -0.1) is 0 Å². The molecule has 0 saturated carbocycles. The van der Waals surface area contributed by atoms with E-state index in [1.807, 2.05) is 62.7 Å². The molecule has 0 aromatic rings. The van der Waals surface area contributed by atoms with Crippen LogP contribution in [0.4, 0.5) is 0 Å². The Morgan fingerprint density at radius 1 is 1.41 bits per heavy atom. The smallest absolute Gasteiger partial charge is 0.226 e. The van der Waals surface area contributed by atoms with Crippen LogP contribution in [0.25, 0.3) is 0 Å². The Morgan fingerprint density at radius 3 is 2.62 bits per heavy atom.